The summed E-state index contributed by atoms with van der Waals surface area (Å²) in [7, 11) is 5.09. The van der Waals surface area contributed by atoms with Crippen LogP contribution in [-0.2, 0) is 0 Å². The molecule has 1 N–H and O–H groups in total. The summed E-state index contributed by atoms with van der Waals surface area (Å²) in [6.45, 7) is 1.87. The van der Waals surface area contributed by atoms with Gasteiger partial charge in [0.2, 0.25) is 0 Å². The van der Waals surface area contributed by atoms with Crippen molar-refractivity contribution in [3.8, 4) is 0 Å². The van der Waals surface area contributed by atoms with Gasteiger partial charge in [0.25, 0.3) is 0 Å². The fraction of sp³-hybridized carbons (Fsp3) is 0.750. The van der Waals surface area contributed by atoms with Crippen molar-refractivity contribution in [1.82, 2.24) is 20.0 Å². The van der Waals surface area contributed by atoms with Crippen LogP contribution in [0.2, 0.25) is 0 Å². The number of rotatable bonds is 0. The van der Waals surface area contributed by atoms with Crippen LogP contribution < -0.4 is 5.32 Å². The standard InChI is InChI=1S/C8H14N4O2/c1-8-5(9-6(13)11(8)3)10(2)7(14)12(8)4/h5H,1-4H3,(H,9,13). The zero-order valence-electron chi connectivity index (χ0n) is 8.74. The van der Waals surface area contributed by atoms with E-state index in [-0.39, 0.29) is 18.2 Å². The first-order valence-corrected chi connectivity index (χ1v) is 4.45. The Balaban J connectivity index is 2.46. The highest BCUT2D eigenvalue weighted by Gasteiger charge is 2.60. The van der Waals surface area contributed by atoms with E-state index >= 15 is 0 Å². The number of fused-ring (bicyclic) bond motifs is 1. The number of nitrogens with one attached hydrogen (secondary N) is 1. The van der Waals surface area contributed by atoms with E-state index in [2.05, 4.69) is 5.32 Å². The van der Waals surface area contributed by atoms with Gasteiger partial charge < -0.3 is 20.0 Å². The van der Waals surface area contributed by atoms with Crippen LogP contribution in [0.4, 0.5) is 9.59 Å². The maximum absolute atomic E-state index is 11.7. The van der Waals surface area contributed by atoms with Crippen LogP contribution >= 0.6 is 0 Å². The van der Waals surface area contributed by atoms with Crippen molar-refractivity contribution in [3.63, 3.8) is 0 Å². The Kier molecular flexibility index (Phi) is 1.51. The van der Waals surface area contributed by atoms with E-state index in [4.69, 9.17) is 0 Å². The first kappa shape index (κ1) is 9.11. The monoisotopic (exact) mass is 198 g/mol. The van der Waals surface area contributed by atoms with Crippen LogP contribution in [0.3, 0.4) is 0 Å². The summed E-state index contributed by atoms with van der Waals surface area (Å²) >= 11 is 0. The molecule has 14 heavy (non-hydrogen) atoms. The molecule has 0 bridgehead atoms. The molecule has 0 aliphatic carbocycles. The fourth-order valence-electron chi connectivity index (χ4n) is 2.15. The highest BCUT2D eigenvalue weighted by Crippen LogP contribution is 2.35. The summed E-state index contributed by atoms with van der Waals surface area (Å²) in [5.41, 5.74) is -0.580. The predicted octanol–water partition coefficient (Wildman–Crippen LogP) is -0.319. The molecule has 2 fully saturated rings. The third-order valence-corrected chi connectivity index (χ3v) is 3.42. The molecular weight excluding hydrogens is 184 g/mol. The Morgan fingerprint density at radius 1 is 1.21 bits per heavy atom. The molecule has 2 rings (SSSR count). The van der Waals surface area contributed by atoms with Crippen molar-refractivity contribution in [2.24, 2.45) is 0 Å². The Morgan fingerprint density at radius 2 is 1.79 bits per heavy atom. The second-order valence-electron chi connectivity index (χ2n) is 3.96. The van der Waals surface area contributed by atoms with Crippen LogP contribution in [0, 0.1) is 0 Å². The molecule has 4 amide bonds. The smallest absolute Gasteiger partial charge is 0.314 e. The van der Waals surface area contributed by atoms with Crippen molar-refractivity contribution >= 4 is 12.1 Å². The molecule has 0 spiro atoms. The average Bonchev–Trinajstić information content (AvgIpc) is 2.47. The molecule has 0 saturated carbocycles. The molecule has 0 aromatic rings. The summed E-state index contributed by atoms with van der Waals surface area (Å²) in [5, 5.41) is 2.77. The quantitative estimate of drug-likeness (QED) is 0.580. The van der Waals surface area contributed by atoms with Gasteiger partial charge in [-0.2, -0.15) is 0 Å². The van der Waals surface area contributed by atoms with Crippen LogP contribution in [0.15, 0.2) is 0 Å². The van der Waals surface area contributed by atoms with E-state index in [1.807, 2.05) is 6.92 Å². The second kappa shape index (κ2) is 2.31. The molecule has 78 valence electrons. The second-order valence-corrected chi connectivity index (χ2v) is 3.96. The van der Waals surface area contributed by atoms with Gasteiger partial charge in [-0.15, -0.1) is 0 Å². The Morgan fingerprint density at radius 3 is 2.29 bits per heavy atom. The first-order valence-electron chi connectivity index (χ1n) is 4.45. The molecule has 2 aliphatic rings. The fourth-order valence-corrected chi connectivity index (χ4v) is 2.15. The third kappa shape index (κ3) is 0.718. The summed E-state index contributed by atoms with van der Waals surface area (Å²) in [5.74, 6) is 0. The summed E-state index contributed by atoms with van der Waals surface area (Å²) in [6, 6.07) is -0.229. The van der Waals surface area contributed by atoms with Gasteiger partial charge in [-0.3, -0.25) is 0 Å². The number of hydrogen-bond donors (Lipinski definition) is 1. The van der Waals surface area contributed by atoms with Crippen LogP contribution in [-0.4, -0.2) is 59.7 Å². The molecule has 0 aromatic carbocycles. The van der Waals surface area contributed by atoms with E-state index in [0.717, 1.165) is 0 Å². The van der Waals surface area contributed by atoms with Gasteiger partial charge in [0, 0.05) is 21.1 Å². The van der Waals surface area contributed by atoms with Gasteiger partial charge in [0.05, 0.1) is 0 Å². The molecule has 2 aliphatic heterocycles. The Hall–Kier alpha value is -1.46. The lowest BCUT2D eigenvalue weighted by atomic mass is 10.1. The lowest BCUT2D eigenvalue weighted by molar-refractivity contribution is 0.0750. The zero-order chi connectivity index (χ0) is 10.7. The van der Waals surface area contributed by atoms with Gasteiger partial charge in [0.15, 0.2) is 5.66 Å². The van der Waals surface area contributed by atoms with Crippen molar-refractivity contribution in [1.29, 1.82) is 0 Å². The minimum absolute atomic E-state index is 0.0793. The van der Waals surface area contributed by atoms with E-state index in [9.17, 15) is 9.59 Å². The largest absolute Gasteiger partial charge is 0.323 e. The van der Waals surface area contributed by atoms with E-state index in [0.29, 0.717) is 0 Å². The lowest BCUT2D eigenvalue weighted by Crippen LogP contribution is -2.54. The minimum atomic E-state index is -0.580. The maximum Gasteiger partial charge on any atom is 0.323 e. The van der Waals surface area contributed by atoms with Gasteiger partial charge in [-0.05, 0) is 6.92 Å². The number of carbonyl (C=O) groups is 2. The topological polar surface area (TPSA) is 55.9 Å². The van der Waals surface area contributed by atoms with Crippen molar-refractivity contribution < 1.29 is 9.59 Å². The first-order chi connectivity index (χ1) is 6.40. The molecule has 2 atom stereocenters. The van der Waals surface area contributed by atoms with Crippen LogP contribution in [0.25, 0.3) is 0 Å². The SMILES string of the molecule is CN1C(=O)N(C)C2(C)C1NC(=O)N2C. The Bertz CT molecular complexity index is 318. The van der Waals surface area contributed by atoms with Crippen molar-refractivity contribution in [2.75, 3.05) is 21.1 Å². The van der Waals surface area contributed by atoms with E-state index in [1.165, 1.54) is 0 Å². The van der Waals surface area contributed by atoms with Crippen LogP contribution in [0.5, 0.6) is 0 Å². The maximum atomic E-state index is 11.7. The van der Waals surface area contributed by atoms with Gasteiger partial charge in [-0.25, -0.2) is 9.59 Å². The minimum Gasteiger partial charge on any atom is -0.314 e. The number of amides is 4. The average molecular weight is 198 g/mol. The molecule has 2 unspecified atom stereocenters. The zero-order valence-corrected chi connectivity index (χ0v) is 8.74. The molecule has 0 aromatic heterocycles. The number of hydrogen-bond acceptors (Lipinski definition) is 2. The van der Waals surface area contributed by atoms with Gasteiger partial charge in [-0.1, -0.05) is 0 Å². The molecule has 6 heteroatoms. The highest BCUT2D eigenvalue weighted by atomic mass is 16.2. The lowest BCUT2D eigenvalue weighted by Gasteiger charge is -2.34. The predicted molar refractivity (Wildman–Crippen MR) is 49.4 cm³/mol. The normalized spacial score (nSPS) is 36.6. The molecule has 2 saturated heterocycles. The van der Waals surface area contributed by atoms with Crippen LogP contribution in [0.1, 0.15) is 6.92 Å². The van der Waals surface area contributed by atoms with E-state index < -0.39 is 5.66 Å². The number of nitrogens with zero attached hydrogens (tertiary/aromatic N) is 3. The van der Waals surface area contributed by atoms with Crippen molar-refractivity contribution in [3.05, 3.63) is 0 Å². The molecule has 0 radical (unpaired) electrons. The van der Waals surface area contributed by atoms with Gasteiger partial charge >= 0.3 is 12.1 Å². The number of likely N-dealkylation sites (N-methyl/N-ethyl adjacent to an activating group) is 3. The number of urea groups is 2. The Labute approximate surface area is 82.4 Å². The molecule has 2 heterocycles. The summed E-state index contributed by atoms with van der Waals surface area (Å²) in [6.07, 6.45) is -0.266. The third-order valence-electron chi connectivity index (χ3n) is 3.42. The molecule has 6 nitrogen and oxygen atoms in total. The molecular formula is C8H14N4O2. The van der Waals surface area contributed by atoms with E-state index in [1.54, 1.807) is 35.8 Å². The van der Waals surface area contributed by atoms with Crippen molar-refractivity contribution in [2.45, 2.75) is 18.8 Å². The summed E-state index contributed by atoms with van der Waals surface area (Å²) < 4.78 is 0. The number of carbonyl (C=O) groups excluding carboxylic acids is 2. The summed E-state index contributed by atoms with van der Waals surface area (Å²) in [4.78, 5) is 27.8. The highest BCUT2D eigenvalue weighted by molar-refractivity contribution is 5.85. The van der Waals surface area contributed by atoms with Gasteiger partial charge in [0.1, 0.15) is 6.17 Å².